The number of nitrogens with zero attached hydrogens (tertiary/aromatic N) is 1. The van der Waals surface area contributed by atoms with Crippen molar-refractivity contribution in [3.63, 3.8) is 0 Å². The summed E-state index contributed by atoms with van der Waals surface area (Å²) in [6, 6.07) is 12.4. The van der Waals surface area contributed by atoms with E-state index in [1.807, 2.05) is 12.1 Å². The topological polar surface area (TPSA) is 25.2 Å². The molecule has 0 aliphatic carbocycles. The minimum atomic E-state index is -0.401. The van der Waals surface area contributed by atoms with Gasteiger partial charge in [0.2, 0.25) is 0 Å². The van der Waals surface area contributed by atoms with Crippen molar-refractivity contribution in [2.75, 3.05) is 0 Å². The van der Waals surface area contributed by atoms with Crippen LogP contribution in [0.15, 0.2) is 36.4 Å². The highest BCUT2D eigenvalue weighted by Crippen LogP contribution is 2.16. The fraction of sp³-hybridized carbons (Fsp3) is 0.333. The fourth-order valence-corrected chi connectivity index (χ4v) is 2.08. The molecule has 0 saturated heterocycles. The number of aromatic nitrogens is 1. The molecule has 0 aliphatic rings. The molecule has 2 nitrogen and oxygen atoms in total. The summed E-state index contributed by atoms with van der Waals surface area (Å²) in [5.41, 5.74) is 4.74. The first-order valence-electron chi connectivity index (χ1n) is 5.97. The molecule has 0 radical (unpaired) electrons. The molecule has 1 unspecified atom stereocenters. The average Bonchev–Trinajstić information content (AvgIpc) is 2.61. The second-order valence-corrected chi connectivity index (χ2v) is 4.62. The van der Waals surface area contributed by atoms with Gasteiger partial charge in [0.15, 0.2) is 0 Å². The van der Waals surface area contributed by atoms with Crippen molar-refractivity contribution in [2.45, 2.75) is 33.4 Å². The zero-order valence-corrected chi connectivity index (χ0v) is 10.6. The van der Waals surface area contributed by atoms with Crippen LogP contribution in [0.4, 0.5) is 0 Å². The van der Waals surface area contributed by atoms with Gasteiger partial charge < -0.3 is 9.67 Å². The molecule has 0 spiro atoms. The van der Waals surface area contributed by atoms with E-state index in [9.17, 15) is 5.11 Å². The SMILES string of the molecule is Cc1ccc(C)n1Cc1cccc(C(C)O)c1. The van der Waals surface area contributed by atoms with E-state index in [0.717, 1.165) is 12.1 Å². The van der Waals surface area contributed by atoms with Crippen molar-refractivity contribution < 1.29 is 5.11 Å². The first-order valence-corrected chi connectivity index (χ1v) is 5.97. The Morgan fingerprint density at radius 1 is 1.12 bits per heavy atom. The third kappa shape index (κ3) is 2.59. The standard InChI is InChI=1S/C15H19NO/c1-11-7-8-12(2)16(11)10-14-5-4-6-15(9-14)13(3)17/h4-9,13,17H,10H2,1-3H3. The Bertz CT molecular complexity index is 492. The molecule has 1 aromatic heterocycles. The second-order valence-electron chi connectivity index (χ2n) is 4.62. The summed E-state index contributed by atoms with van der Waals surface area (Å²) in [7, 11) is 0. The highest BCUT2D eigenvalue weighted by molar-refractivity contribution is 5.26. The summed E-state index contributed by atoms with van der Waals surface area (Å²) in [4.78, 5) is 0. The zero-order valence-electron chi connectivity index (χ0n) is 10.6. The molecule has 2 aromatic rings. The van der Waals surface area contributed by atoms with E-state index in [1.54, 1.807) is 6.92 Å². The number of hydrogen-bond donors (Lipinski definition) is 1. The molecular weight excluding hydrogens is 210 g/mol. The first-order chi connectivity index (χ1) is 8.08. The Morgan fingerprint density at radius 3 is 2.35 bits per heavy atom. The lowest BCUT2D eigenvalue weighted by Gasteiger charge is -2.11. The minimum Gasteiger partial charge on any atom is -0.389 e. The molecule has 90 valence electrons. The van der Waals surface area contributed by atoms with Crippen LogP contribution >= 0.6 is 0 Å². The van der Waals surface area contributed by atoms with Crippen molar-refractivity contribution in [3.8, 4) is 0 Å². The number of aliphatic hydroxyl groups is 1. The van der Waals surface area contributed by atoms with Crippen molar-refractivity contribution in [3.05, 3.63) is 58.9 Å². The third-order valence-electron chi connectivity index (χ3n) is 3.19. The van der Waals surface area contributed by atoms with E-state index >= 15 is 0 Å². The summed E-state index contributed by atoms with van der Waals surface area (Å²) in [5, 5.41) is 9.58. The van der Waals surface area contributed by atoms with Crippen LogP contribution in [0.25, 0.3) is 0 Å². The van der Waals surface area contributed by atoms with Crippen LogP contribution in [0.1, 0.15) is 35.5 Å². The first kappa shape index (κ1) is 11.9. The predicted molar refractivity (Wildman–Crippen MR) is 70.1 cm³/mol. The molecule has 0 saturated carbocycles. The van der Waals surface area contributed by atoms with Gasteiger partial charge in [-0.15, -0.1) is 0 Å². The lowest BCUT2D eigenvalue weighted by atomic mass is 10.1. The van der Waals surface area contributed by atoms with Crippen LogP contribution in [0.3, 0.4) is 0 Å². The van der Waals surface area contributed by atoms with Gasteiger partial charge in [0.05, 0.1) is 6.10 Å². The normalized spacial score (nSPS) is 12.7. The molecule has 0 fully saturated rings. The van der Waals surface area contributed by atoms with E-state index in [1.165, 1.54) is 17.0 Å². The molecule has 2 rings (SSSR count). The van der Waals surface area contributed by atoms with E-state index in [0.29, 0.717) is 0 Å². The van der Waals surface area contributed by atoms with Crippen LogP contribution in [0.2, 0.25) is 0 Å². The Morgan fingerprint density at radius 2 is 1.76 bits per heavy atom. The summed E-state index contributed by atoms with van der Waals surface area (Å²) in [6.07, 6.45) is -0.401. The summed E-state index contributed by atoms with van der Waals surface area (Å²) < 4.78 is 2.28. The minimum absolute atomic E-state index is 0.401. The van der Waals surface area contributed by atoms with Gasteiger partial charge in [0, 0.05) is 17.9 Å². The van der Waals surface area contributed by atoms with Crippen LogP contribution in [-0.4, -0.2) is 9.67 Å². The molecule has 17 heavy (non-hydrogen) atoms. The molecule has 1 atom stereocenters. The molecular formula is C15H19NO. The maximum absolute atomic E-state index is 9.58. The van der Waals surface area contributed by atoms with E-state index in [4.69, 9.17) is 0 Å². The lowest BCUT2D eigenvalue weighted by Crippen LogP contribution is -2.04. The van der Waals surface area contributed by atoms with Gasteiger partial charge in [-0.05, 0) is 44.0 Å². The molecule has 0 aliphatic heterocycles. The maximum atomic E-state index is 9.58. The van der Waals surface area contributed by atoms with Crippen molar-refractivity contribution in [1.29, 1.82) is 0 Å². The molecule has 1 aromatic carbocycles. The smallest absolute Gasteiger partial charge is 0.0762 e. The van der Waals surface area contributed by atoms with Gasteiger partial charge in [-0.25, -0.2) is 0 Å². The summed E-state index contributed by atoms with van der Waals surface area (Å²) in [5.74, 6) is 0. The summed E-state index contributed by atoms with van der Waals surface area (Å²) >= 11 is 0. The number of aryl methyl sites for hydroxylation is 2. The second kappa shape index (κ2) is 4.76. The van der Waals surface area contributed by atoms with Gasteiger partial charge in [-0.2, -0.15) is 0 Å². The number of benzene rings is 1. The lowest BCUT2D eigenvalue weighted by molar-refractivity contribution is 0.199. The van der Waals surface area contributed by atoms with Crippen LogP contribution in [-0.2, 0) is 6.54 Å². The Labute approximate surface area is 103 Å². The van der Waals surface area contributed by atoms with Gasteiger partial charge in [0.25, 0.3) is 0 Å². The fourth-order valence-electron chi connectivity index (χ4n) is 2.08. The monoisotopic (exact) mass is 229 g/mol. The van der Waals surface area contributed by atoms with Gasteiger partial charge >= 0.3 is 0 Å². The van der Waals surface area contributed by atoms with Crippen LogP contribution < -0.4 is 0 Å². The Balaban J connectivity index is 2.27. The summed E-state index contributed by atoms with van der Waals surface area (Å²) in [6.45, 7) is 6.90. The van der Waals surface area contributed by atoms with Gasteiger partial charge in [0.1, 0.15) is 0 Å². The Hall–Kier alpha value is -1.54. The average molecular weight is 229 g/mol. The Kier molecular flexibility index (Phi) is 3.34. The van der Waals surface area contributed by atoms with Crippen LogP contribution in [0, 0.1) is 13.8 Å². The van der Waals surface area contributed by atoms with E-state index < -0.39 is 6.10 Å². The van der Waals surface area contributed by atoms with E-state index in [2.05, 4.69) is 42.7 Å². The van der Waals surface area contributed by atoms with Crippen LogP contribution in [0.5, 0.6) is 0 Å². The molecule has 0 amide bonds. The van der Waals surface area contributed by atoms with Gasteiger partial charge in [-0.3, -0.25) is 0 Å². The van der Waals surface area contributed by atoms with Gasteiger partial charge in [-0.1, -0.05) is 24.3 Å². The maximum Gasteiger partial charge on any atom is 0.0762 e. The molecule has 1 heterocycles. The number of rotatable bonds is 3. The zero-order chi connectivity index (χ0) is 12.4. The number of aliphatic hydroxyl groups excluding tert-OH is 1. The van der Waals surface area contributed by atoms with Crippen molar-refractivity contribution in [1.82, 2.24) is 4.57 Å². The molecule has 0 bridgehead atoms. The predicted octanol–water partition coefficient (Wildman–Crippen LogP) is 3.21. The largest absolute Gasteiger partial charge is 0.389 e. The highest BCUT2D eigenvalue weighted by atomic mass is 16.3. The third-order valence-corrected chi connectivity index (χ3v) is 3.19. The van der Waals surface area contributed by atoms with Crippen molar-refractivity contribution in [2.24, 2.45) is 0 Å². The van der Waals surface area contributed by atoms with E-state index in [-0.39, 0.29) is 0 Å². The van der Waals surface area contributed by atoms with Crippen molar-refractivity contribution >= 4 is 0 Å². The molecule has 2 heteroatoms. The molecule has 1 N–H and O–H groups in total. The number of hydrogen-bond acceptors (Lipinski definition) is 1. The highest BCUT2D eigenvalue weighted by Gasteiger charge is 2.04. The quantitative estimate of drug-likeness (QED) is 0.859.